The van der Waals surface area contributed by atoms with Gasteiger partial charge in [0.25, 0.3) is 17.7 Å². The molecule has 22 heteroatoms. The SMILES string of the molecule is CC(C)c1c(C(=O)Nc2ccccc2)c(-c2cccc(OCCCCc3cn(CCOCCOCCOCCNc4ccc5c(c4)C(=O)N(C4CCC(=O)NC4=O)C5=O)nn3)c2)c(-c2ccc(F)cc2)n1CC[C@@H](O)C[C@@H](O)CC(=O)O. The van der Waals surface area contributed by atoms with Crippen molar-refractivity contribution in [2.45, 2.75) is 102 Å². The third-order valence-electron chi connectivity index (χ3n) is 13.9. The number of nitrogens with one attached hydrogen (secondary N) is 3. The molecule has 0 saturated carbocycles. The number of aryl methyl sites for hydroxylation is 1. The van der Waals surface area contributed by atoms with Gasteiger partial charge in [0.15, 0.2) is 0 Å². The number of carbonyl (C=O) groups excluding carboxylic acids is 5. The molecule has 1 unspecified atom stereocenters. The van der Waals surface area contributed by atoms with E-state index in [-0.39, 0.29) is 55.2 Å². The van der Waals surface area contributed by atoms with Gasteiger partial charge in [0.1, 0.15) is 17.6 Å². The molecule has 5 amide bonds. The minimum absolute atomic E-state index is 0.0524. The van der Waals surface area contributed by atoms with Gasteiger partial charge < -0.3 is 49.5 Å². The van der Waals surface area contributed by atoms with Crippen molar-refractivity contribution in [1.29, 1.82) is 0 Å². The van der Waals surface area contributed by atoms with E-state index in [0.717, 1.165) is 17.0 Å². The molecule has 1 fully saturated rings. The molecule has 82 heavy (non-hydrogen) atoms. The Bertz CT molecular complexity index is 3180. The van der Waals surface area contributed by atoms with Crippen molar-refractivity contribution in [2.24, 2.45) is 0 Å². The van der Waals surface area contributed by atoms with Gasteiger partial charge in [-0.2, -0.15) is 0 Å². The Morgan fingerprint density at radius 3 is 2.24 bits per heavy atom. The number of imide groups is 2. The summed E-state index contributed by atoms with van der Waals surface area (Å²) in [7, 11) is 0. The molecule has 4 heterocycles. The molecule has 0 spiro atoms. The topological polar surface area (TPSA) is 275 Å². The van der Waals surface area contributed by atoms with E-state index in [9.17, 15) is 48.5 Å². The van der Waals surface area contributed by atoms with Crippen LogP contribution in [0.25, 0.3) is 22.4 Å². The van der Waals surface area contributed by atoms with Crippen LogP contribution in [0.2, 0.25) is 0 Å². The number of aliphatic carboxylic acids is 1. The van der Waals surface area contributed by atoms with Gasteiger partial charge in [-0.25, -0.2) is 9.07 Å². The van der Waals surface area contributed by atoms with Gasteiger partial charge >= 0.3 is 5.97 Å². The van der Waals surface area contributed by atoms with Crippen LogP contribution in [-0.4, -0.2) is 146 Å². The molecular formula is C60H69FN8O13. The molecule has 2 aliphatic heterocycles. The van der Waals surface area contributed by atoms with Crippen molar-refractivity contribution in [3.8, 4) is 28.1 Å². The molecule has 434 valence electrons. The Morgan fingerprint density at radius 1 is 0.780 bits per heavy atom. The zero-order valence-electron chi connectivity index (χ0n) is 45.9. The second-order valence-electron chi connectivity index (χ2n) is 20.3. The Hall–Kier alpha value is -8.15. The molecule has 21 nitrogen and oxygen atoms in total. The fourth-order valence-corrected chi connectivity index (χ4v) is 10.0. The number of aromatic nitrogens is 4. The van der Waals surface area contributed by atoms with Crippen LogP contribution in [0.4, 0.5) is 15.8 Å². The average Bonchev–Trinajstić information content (AvgIpc) is 4.24. The standard InChI is InChI=1S/C60H69FN8O13/c1-38(2)55-54(58(76)63-42-10-4-3-5-11-42)53(56(39-14-16-41(61)17-15-39)68(55)24-22-45(70)35-46(71)36-52(73)74)40-9-8-13-47(33-40)82-26-7-6-12-44-37-67(66-65-44)25-28-80-30-32-81-31-29-79-27-23-62-43-18-19-48-49(34-43)60(78)69(59(48)77)50-20-21-51(72)64-57(50)75/h3-5,8-11,13-19,33-34,37-38,45-46,50,62,70-71H,6-7,12,20-32,35-36H2,1-2H3,(H,63,76)(H,73,74)(H,64,72,75)/t45-,46-,50?/m1/s1. The third kappa shape index (κ3) is 15.8. The van der Waals surface area contributed by atoms with Crippen molar-refractivity contribution in [1.82, 2.24) is 29.8 Å². The summed E-state index contributed by atoms with van der Waals surface area (Å²) in [5.41, 5.74) is 6.03. The average molecular weight is 1130 g/mol. The minimum atomic E-state index is -1.25. The van der Waals surface area contributed by atoms with Crippen LogP contribution in [0.1, 0.15) is 107 Å². The molecule has 2 aliphatic rings. The van der Waals surface area contributed by atoms with Crippen molar-refractivity contribution in [3.05, 3.63) is 137 Å². The summed E-state index contributed by atoms with van der Waals surface area (Å²) >= 11 is 0. The summed E-state index contributed by atoms with van der Waals surface area (Å²) in [5.74, 6) is -3.83. The lowest BCUT2D eigenvalue weighted by Gasteiger charge is -2.27. The summed E-state index contributed by atoms with van der Waals surface area (Å²) in [4.78, 5) is 76.8. The number of para-hydroxylation sites is 1. The van der Waals surface area contributed by atoms with Gasteiger partial charge in [0.2, 0.25) is 11.8 Å². The second-order valence-corrected chi connectivity index (χ2v) is 20.3. The number of hydrogen-bond acceptors (Lipinski definition) is 15. The number of aliphatic hydroxyl groups excluding tert-OH is 2. The molecule has 0 bridgehead atoms. The summed E-state index contributed by atoms with van der Waals surface area (Å²) < 4.78 is 41.5. The molecule has 1 saturated heterocycles. The van der Waals surface area contributed by atoms with E-state index < -0.39 is 60.1 Å². The highest BCUT2D eigenvalue weighted by atomic mass is 19.1. The van der Waals surface area contributed by atoms with E-state index in [0.29, 0.717) is 123 Å². The fourth-order valence-electron chi connectivity index (χ4n) is 10.0. The lowest BCUT2D eigenvalue weighted by molar-refractivity contribution is -0.140. The number of aliphatic hydroxyl groups is 2. The van der Waals surface area contributed by atoms with Crippen molar-refractivity contribution in [2.75, 3.05) is 63.4 Å². The number of rotatable bonds is 32. The maximum atomic E-state index is 14.7. The lowest BCUT2D eigenvalue weighted by atomic mass is 9.94. The minimum Gasteiger partial charge on any atom is -0.494 e. The van der Waals surface area contributed by atoms with Crippen LogP contribution >= 0.6 is 0 Å². The molecule has 4 aromatic carbocycles. The molecule has 8 rings (SSSR count). The molecule has 0 radical (unpaired) electrons. The zero-order valence-corrected chi connectivity index (χ0v) is 45.9. The number of carbonyl (C=O) groups is 6. The van der Waals surface area contributed by atoms with E-state index in [2.05, 4.69) is 26.3 Å². The monoisotopic (exact) mass is 1130 g/mol. The van der Waals surface area contributed by atoms with Gasteiger partial charge in [0.05, 0.1) is 99.5 Å². The normalized spacial score (nSPS) is 15.0. The number of ether oxygens (including phenoxy) is 4. The number of benzene rings is 4. The van der Waals surface area contributed by atoms with Crippen molar-refractivity contribution in [3.63, 3.8) is 0 Å². The second kappa shape index (κ2) is 29.0. The molecule has 2 aromatic heterocycles. The van der Waals surface area contributed by atoms with Gasteiger partial charge in [-0.1, -0.05) is 49.4 Å². The Morgan fingerprint density at radius 2 is 1.51 bits per heavy atom. The number of carboxylic acid groups (broad SMARTS) is 1. The number of piperidine rings is 1. The summed E-state index contributed by atoms with van der Waals surface area (Å²) in [5, 5.41) is 47.6. The van der Waals surface area contributed by atoms with Gasteiger partial charge in [0, 0.05) is 48.3 Å². The Labute approximate surface area is 473 Å². The summed E-state index contributed by atoms with van der Waals surface area (Å²) in [6.45, 7) is 7.74. The summed E-state index contributed by atoms with van der Waals surface area (Å²) in [6.07, 6.45) is 1.37. The number of hydrogen-bond donors (Lipinski definition) is 6. The lowest BCUT2D eigenvalue weighted by Crippen LogP contribution is -2.54. The fraction of sp³-hybridized carbons (Fsp3) is 0.400. The highest BCUT2D eigenvalue weighted by molar-refractivity contribution is 6.23. The number of halogens is 1. The van der Waals surface area contributed by atoms with E-state index >= 15 is 0 Å². The predicted molar refractivity (Wildman–Crippen MR) is 300 cm³/mol. The number of carboxylic acids is 1. The molecular weight excluding hydrogens is 1060 g/mol. The van der Waals surface area contributed by atoms with Crippen LogP contribution < -0.4 is 20.7 Å². The van der Waals surface area contributed by atoms with Gasteiger partial charge in [-0.15, -0.1) is 5.10 Å². The van der Waals surface area contributed by atoms with Crippen LogP contribution in [0.3, 0.4) is 0 Å². The van der Waals surface area contributed by atoms with E-state index in [4.69, 9.17) is 18.9 Å². The Balaban J connectivity index is 0.770. The van der Waals surface area contributed by atoms with E-state index in [1.165, 1.54) is 12.1 Å². The van der Waals surface area contributed by atoms with Gasteiger partial charge in [-0.05, 0) is 122 Å². The first kappa shape index (κ1) is 60.0. The first-order valence-corrected chi connectivity index (χ1v) is 27.6. The quantitative estimate of drug-likeness (QED) is 0.0186. The number of anilines is 2. The van der Waals surface area contributed by atoms with Crippen LogP contribution in [0.5, 0.6) is 5.75 Å². The summed E-state index contributed by atoms with van der Waals surface area (Å²) in [6, 6.07) is 26.4. The first-order chi connectivity index (χ1) is 39.6. The highest BCUT2D eigenvalue weighted by Gasteiger charge is 2.44. The first-order valence-electron chi connectivity index (χ1n) is 27.6. The van der Waals surface area contributed by atoms with Crippen LogP contribution in [0.15, 0.2) is 103 Å². The Kier molecular flexibility index (Phi) is 21.2. The number of unbranched alkanes of at least 4 members (excludes halogenated alkanes) is 1. The maximum absolute atomic E-state index is 14.7. The number of amides is 5. The van der Waals surface area contributed by atoms with E-state index in [1.807, 2.05) is 67.1 Å². The third-order valence-corrected chi connectivity index (χ3v) is 13.9. The van der Waals surface area contributed by atoms with Crippen molar-refractivity contribution >= 4 is 46.9 Å². The molecule has 0 aliphatic carbocycles. The van der Waals surface area contributed by atoms with Crippen LogP contribution in [0, 0.1) is 5.82 Å². The van der Waals surface area contributed by atoms with Crippen LogP contribution in [-0.2, 0) is 48.1 Å². The largest absolute Gasteiger partial charge is 0.494 e. The van der Waals surface area contributed by atoms with Crippen molar-refractivity contribution < 1.29 is 67.4 Å². The zero-order chi connectivity index (χ0) is 58.1. The maximum Gasteiger partial charge on any atom is 0.305 e. The van der Waals surface area contributed by atoms with E-state index in [1.54, 1.807) is 47.1 Å². The predicted octanol–water partition coefficient (Wildman–Crippen LogP) is 6.87. The number of fused-ring (bicyclic) bond motifs is 1. The molecule has 3 atom stereocenters. The smallest absolute Gasteiger partial charge is 0.305 e. The number of nitrogens with zero attached hydrogens (tertiary/aromatic N) is 5. The van der Waals surface area contributed by atoms with Gasteiger partial charge in [-0.3, -0.25) is 39.0 Å². The highest BCUT2D eigenvalue weighted by Crippen LogP contribution is 2.44. The molecule has 6 aromatic rings. The molecule has 6 N–H and O–H groups in total.